The van der Waals surface area contributed by atoms with Crippen LogP contribution in [-0.4, -0.2) is 32.7 Å². The lowest BCUT2D eigenvalue weighted by atomic mass is 10.4. The molecular formula is C20H29O3PSi. The molecule has 5 heteroatoms. The number of benzene rings is 2. The molecule has 0 aliphatic rings. The molecule has 0 fully saturated rings. The maximum atomic E-state index is 11.1. The van der Waals surface area contributed by atoms with Crippen LogP contribution in [0.25, 0.3) is 0 Å². The van der Waals surface area contributed by atoms with E-state index in [1.54, 1.807) is 0 Å². The summed E-state index contributed by atoms with van der Waals surface area (Å²) in [5.74, 6) is -0.410. The summed E-state index contributed by atoms with van der Waals surface area (Å²) in [5, 5.41) is 13.5. The number of aliphatic hydroxyl groups is 1. The molecule has 2 aromatic rings. The third kappa shape index (κ3) is 6.02. The van der Waals surface area contributed by atoms with Crippen LogP contribution >= 0.6 is 7.92 Å². The molecule has 1 unspecified atom stereocenters. The smallest absolute Gasteiger partial charge is 0.335 e. The summed E-state index contributed by atoms with van der Waals surface area (Å²) in [4.78, 5) is 0. The number of hydrogen-bond donors (Lipinski definition) is 1. The number of hydrogen-bond acceptors (Lipinski definition) is 3. The molecule has 1 atom stereocenters. The van der Waals surface area contributed by atoms with Crippen molar-refractivity contribution < 1.29 is 14.0 Å². The van der Waals surface area contributed by atoms with Gasteiger partial charge in [-0.05, 0) is 51.4 Å². The van der Waals surface area contributed by atoms with Gasteiger partial charge in [0.2, 0.25) is 0 Å². The van der Waals surface area contributed by atoms with E-state index < -0.39 is 22.3 Å². The zero-order valence-corrected chi connectivity index (χ0v) is 17.3. The van der Waals surface area contributed by atoms with E-state index in [0.717, 1.165) is 6.04 Å². The first-order valence-corrected chi connectivity index (χ1v) is 12.9. The van der Waals surface area contributed by atoms with E-state index in [2.05, 4.69) is 30.8 Å². The Morgan fingerprint density at radius 1 is 0.880 bits per heavy atom. The molecule has 0 aliphatic carbocycles. The van der Waals surface area contributed by atoms with Crippen LogP contribution in [0.3, 0.4) is 0 Å². The highest BCUT2D eigenvalue weighted by Gasteiger charge is 2.33. The van der Waals surface area contributed by atoms with Crippen LogP contribution in [0.1, 0.15) is 20.3 Å². The first-order chi connectivity index (χ1) is 12.1. The molecule has 0 heterocycles. The lowest BCUT2D eigenvalue weighted by Crippen LogP contribution is -2.39. The zero-order chi connectivity index (χ0) is 18.1. The highest BCUT2D eigenvalue weighted by atomic mass is 31.1. The molecule has 0 radical (unpaired) electrons. The summed E-state index contributed by atoms with van der Waals surface area (Å²) >= 11 is 0. The van der Waals surface area contributed by atoms with Crippen molar-refractivity contribution in [2.24, 2.45) is 0 Å². The first kappa shape index (κ1) is 20.3. The Bertz CT molecular complexity index is 563. The monoisotopic (exact) mass is 376 g/mol. The normalized spacial score (nSPS) is 13.2. The van der Waals surface area contributed by atoms with E-state index >= 15 is 0 Å². The lowest BCUT2D eigenvalue weighted by Gasteiger charge is -2.29. The fraction of sp³-hybridized carbons (Fsp3) is 0.400. The van der Waals surface area contributed by atoms with Gasteiger partial charge >= 0.3 is 8.56 Å². The zero-order valence-electron chi connectivity index (χ0n) is 15.4. The molecule has 3 nitrogen and oxygen atoms in total. The van der Waals surface area contributed by atoms with Gasteiger partial charge in [0, 0.05) is 13.2 Å². The van der Waals surface area contributed by atoms with Crippen LogP contribution in [0.15, 0.2) is 60.7 Å². The van der Waals surface area contributed by atoms with Gasteiger partial charge in [0.15, 0.2) is 0 Å². The van der Waals surface area contributed by atoms with Gasteiger partial charge in [-0.2, -0.15) is 0 Å². The van der Waals surface area contributed by atoms with E-state index in [1.165, 1.54) is 10.6 Å². The molecule has 0 saturated carbocycles. The standard InChI is InChI=1S/C20H29O3PSi/c1-4-22-25(3,23-5-2)17-16-20(21)24(18-12-8-6-9-13-18)19-14-10-7-11-15-19/h6-15,20-21H,4-5,16-17H2,1-3H3. The van der Waals surface area contributed by atoms with Crippen LogP contribution in [-0.2, 0) is 8.85 Å². The van der Waals surface area contributed by atoms with Crippen LogP contribution < -0.4 is 10.6 Å². The summed E-state index contributed by atoms with van der Waals surface area (Å²) < 4.78 is 11.8. The SMILES string of the molecule is CCO[Si](C)(CCC(O)P(c1ccccc1)c1ccccc1)OCC. The molecule has 0 aromatic heterocycles. The second-order valence-corrected chi connectivity index (χ2v) is 11.8. The molecule has 136 valence electrons. The summed E-state index contributed by atoms with van der Waals surface area (Å²) in [7, 11) is -3.03. The second kappa shape index (κ2) is 10.2. The predicted molar refractivity (Wildman–Crippen MR) is 109 cm³/mol. The predicted octanol–water partition coefficient (Wildman–Crippen LogP) is 3.97. The van der Waals surface area contributed by atoms with E-state index in [0.29, 0.717) is 19.6 Å². The topological polar surface area (TPSA) is 38.7 Å². The first-order valence-electron chi connectivity index (χ1n) is 8.95. The van der Waals surface area contributed by atoms with Crippen molar-refractivity contribution in [1.82, 2.24) is 0 Å². The molecule has 0 amide bonds. The lowest BCUT2D eigenvalue weighted by molar-refractivity contribution is 0.181. The van der Waals surface area contributed by atoms with Gasteiger partial charge in [-0.3, -0.25) is 0 Å². The summed E-state index contributed by atoms with van der Waals surface area (Å²) in [6, 6.07) is 21.5. The fourth-order valence-electron chi connectivity index (χ4n) is 2.99. The maximum Gasteiger partial charge on any atom is 0.335 e. The highest BCUT2D eigenvalue weighted by molar-refractivity contribution is 7.73. The van der Waals surface area contributed by atoms with Crippen LogP contribution in [0.5, 0.6) is 0 Å². The molecule has 2 aromatic carbocycles. The van der Waals surface area contributed by atoms with E-state index in [4.69, 9.17) is 8.85 Å². The van der Waals surface area contributed by atoms with E-state index in [9.17, 15) is 5.11 Å². The fourth-order valence-corrected chi connectivity index (χ4v) is 7.98. The Kier molecular flexibility index (Phi) is 8.27. The van der Waals surface area contributed by atoms with Gasteiger partial charge in [0.25, 0.3) is 0 Å². The molecule has 0 saturated heterocycles. The summed E-state index contributed by atoms with van der Waals surface area (Å²) in [6.07, 6.45) is 0.693. The minimum atomic E-state index is -2.21. The molecule has 0 bridgehead atoms. The van der Waals surface area contributed by atoms with E-state index in [-0.39, 0.29) is 0 Å². The van der Waals surface area contributed by atoms with Crippen molar-refractivity contribution in [3.63, 3.8) is 0 Å². The van der Waals surface area contributed by atoms with Crippen molar-refractivity contribution in [3.05, 3.63) is 60.7 Å². The van der Waals surface area contributed by atoms with E-state index in [1.807, 2.05) is 50.2 Å². The Labute approximate surface area is 154 Å². The minimum absolute atomic E-state index is 0.410. The number of aliphatic hydroxyl groups excluding tert-OH is 1. The molecule has 0 spiro atoms. The van der Waals surface area contributed by atoms with Crippen LogP contribution in [0.4, 0.5) is 0 Å². The van der Waals surface area contributed by atoms with Crippen LogP contribution in [0, 0.1) is 0 Å². The average Bonchev–Trinajstić information content (AvgIpc) is 2.63. The Morgan fingerprint density at radius 2 is 1.32 bits per heavy atom. The quantitative estimate of drug-likeness (QED) is 0.504. The van der Waals surface area contributed by atoms with Gasteiger partial charge in [-0.15, -0.1) is 0 Å². The van der Waals surface area contributed by atoms with Gasteiger partial charge in [-0.25, -0.2) is 0 Å². The van der Waals surface area contributed by atoms with Crippen molar-refractivity contribution in [1.29, 1.82) is 0 Å². The van der Waals surface area contributed by atoms with Crippen molar-refractivity contribution in [2.75, 3.05) is 13.2 Å². The second-order valence-electron chi connectivity index (χ2n) is 6.06. The van der Waals surface area contributed by atoms with Crippen molar-refractivity contribution in [2.45, 2.75) is 38.7 Å². The Hall–Kier alpha value is -1.03. The van der Waals surface area contributed by atoms with Crippen molar-refractivity contribution >= 4 is 27.1 Å². The molecule has 0 aliphatic heterocycles. The minimum Gasteiger partial charge on any atom is -0.395 e. The maximum absolute atomic E-state index is 11.1. The third-order valence-corrected chi connectivity index (χ3v) is 9.68. The number of rotatable bonds is 10. The van der Waals surface area contributed by atoms with Gasteiger partial charge in [-0.1, -0.05) is 60.7 Å². The largest absolute Gasteiger partial charge is 0.395 e. The molecule has 1 N–H and O–H groups in total. The third-order valence-electron chi connectivity index (χ3n) is 4.12. The Balaban J connectivity index is 2.17. The van der Waals surface area contributed by atoms with Gasteiger partial charge in [0.1, 0.15) is 0 Å². The molecule has 2 rings (SSSR count). The van der Waals surface area contributed by atoms with Gasteiger partial charge < -0.3 is 14.0 Å². The Morgan fingerprint density at radius 3 is 1.72 bits per heavy atom. The summed E-state index contributed by atoms with van der Waals surface area (Å²) in [6.45, 7) is 7.42. The van der Waals surface area contributed by atoms with Crippen LogP contribution in [0.2, 0.25) is 12.6 Å². The van der Waals surface area contributed by atoms with Crippen molar-refractivity contribution in [3.8, 4) is 0 Å². The highest BCUT2D eigenvalue weighted by Crippen LogP contribution is 2.41. The van der Waals surface area contributed by atoms with Gasteiger partial charge in [0.05, 0.1) is 5.85 Å². The molecular weight excluding hydrogens is 347 g/mol. The molecule has 25 heavy (non-hydrogen) atoms. The summed E-state index contributed by atoms with van der Waals surface area (Å²) in [5.41, 5.74) is 0. The average molecular weight is 377 g/mol.